The Bertz CT molecular complexity index is 4050. The van der Waals surface area contributed by atoms with Crippen LogP contribution in [0.15, 0.2) is 91.0 Å². The van der Waals surface area contributed by atoms with Gasteiger partial charge in [0.1, 0.15) is 5.84 Å². The number of carbonyl (C=O) groups excluding carboxylic acids is 8. The molecule has 320 valence electrons. The highest BCUT2D eigenvalue weighted by atomic mass is 16.2. The summed E-state index contributed by atoms with van der Waals surface area (Å²) in [5, 5.41) is 15.0. The van der Waals surface area contributed by atoms with Gasteiger partial charge in [-0.1, -0.05) is 78.9 Å². The number of nitrogens with two attached hydrogens (primary N) is 7. The zero-order valence-corrected chi connectivity index (χ0v) is 34.0. The van der Waals surface area contributed by atoms with Crippen molar-refractivity contribution >= 4 is 139 Å². The number of amides is 8. The lowest BCUT2D eigenvalue weighted by atomic mass is 9.79. The van der Waals surface area contributed by atoms with Crippen LogP contribution in [-0.2, 0) is 0 Å². The number of benzene rings is 10. The van der Waals surface area contributed by atoms with E-state index in [4.69, 9.17) is 45.5 Å². The first-order chi connectivity index (χ1) is 31.5. The second-order valence-electron chi connectivity index (χ2n) is 15.8. The molecule has 10 rings (SSSR count). The van der Waals surface area contributed by atoms with Gasteiger partial charge in [-0.15, -0.1) is 0 Å². The van der Waals surface area contributed by atoms with Gasteiger partial charge in [-0.3, -0.25) is 49.1 Å². The highest BCUT2D eigenvalue weighted by Gasteiger charge is 2.37. The van der Waals surface area contributed by atoms with Gasteiger partial charge >= 0.3 is 0 Å². The number of primary amides is 6. The van der Waals surface area contributed by atoms with Gasteiger partial charge in [0.15, 0.2) is 0 Å². The number of hydrogen-bond acceptors (Lipinski definition) is 9. The molecule has 0 aliphatic carbocycles. The molecule has 8 amide bonds. The average molecular weight is 874 g/mol. The topological polar surface area (TPSA) is 355 Å². The Morgan fingerprint density at radius 3 is 1.15 bits per heavy atom. The second kappa shape index (κ2) is 13.9. The largest absolute Gasteiger partial charge is 0.384 e. The van der Waals surface area contributed by atoms with Crippen molar-refractivity contribution in [3.63, 3.8) is 0 Å². The molecule has 17 nitrogen and oxygen atoms in total. The van der Waals surface area contributed by atoms with Crippen LogP contribution in [0, 0.1) is 5.41 Å². The zero-order chi connectivity index (χ0) is 46.9. The molecule has 0 spiro atoms. The van der Waals surface area contributed by atoms with Crippen LogP contribution in [0.5, 0.6) is 0 Å². The van der Waals surface area contributed by atoms with Crippen LogP contribution in [0.25, 0.3) is 86.2 Å². The molecule has 10 aromatic rings. The Hall–Kier alpha value is -9.77. The summed E-state index contributed by atoms with van der Waals surface area (Å²) in [4.78, 5) is 112. The molecule has 0 atom stereocenters. The maximum absolute atomic E-state index is 15.4. The lowest BCUT2D eigenvalue weighted by Gasteiger charge is -2.24. The Labute approximate surface area is 368 Å². The molecule has 16 N–H and O–H groups in total. The Morgan fingerprint density at radius 1 is 0.333 bits per heavy atom. The second-order valence-corrected chi connectivity index (χ2v) is 15.8. The maximum atomic E-state index is 15.4. The summed E-state index contributed by atoms with van der Waals surface area (Å²) in [6.07, 6.45) is 0. The van der Waals surface area contributed by atoms with Gasteiger partial charge in [0.2, 0.25) is 35.4 Å². The van der Waals surface area contributed by atoms with Gasteiger partial charge < -0.3 is 40.1 Å². The Morgan fingerprint density at radius 2 is 0.727 bits per heavy atom. The lowest BCUT2D eigenvalue weighted by Crippen LogP contribution is -2.36. The van der Waals surface area contributed by atoms with Crippen molar-refractivity contribution in [1.82, 2.24) is 5.32 Å². The molecule has 0 unspecified atom stereocenters. The molecule has 0 aromatic heterocycles. The molecule has 0 bridgehead atoms. The molecule has 0 heterocycles. The summed E-state index contributed by atoms with van der Waals surface area (Å²) >= 11 is 0. The van der Waals surface area contributed by atoms with E-state index in [1.54, 1.807) is 78.9 Å². The monoisotopic (exact) mass is 873 g/mol. The van der Waals surface area contributed by atoms with Crippen molar-refractivity contribution < 1.29 is 38.4 Å². The molecule has 0 fully saturated rings. The van der Waals surface area contributed by atoms with E-state index in [-0.39, 0.29) is 54.2 Å². The fourth-order valence-corrected chi connectivity index (χ4v) is 10.2. The quantitative estimate of drug-likeness (QED) is 0.0329. The molecular formula is C49H31N9O8. The van der Waals surface area contributed by atoms with E-state index in [1.165, 1.54) is 12.1 Å². The van der Waals surface area contributed by atoms with Crippen LogP contribution in [-0.4, -0.2) is 53.1 Å². The molecule has 66 heavy (non-hydrogen) atoms. The summed E-state index contributed by atoms with van der Waals surface area (Å²) in [6, 6.07) is 25.1. The molecule has 0 saturated heterocycles. The zero-order valence-electron chi connectivity index (χ0n) is 34.0. The first-order valence-corrected chi connectivity index (χ1v) is 19.9. The number of nitrogens with one attached hydrogen (secondary N) is 2. The summed E-state index contributed by atoms with van der Waals surface area (Å²) in [7, 11) is 0. The van der Waals surface area contributed by atoms with E-state index in [9.17, 15) is 28.8 Å². The van der Waals surface area contributed by atoms with Crippen molar-refractivity contribution in [2.45, 2.75) is 0 Å². The predicted octanol–water partition coefficient (Wildman–Crippen LogP) is 4.24. The van der Waals surface area contributed by atoms with Crippen LogP contribution in [0.2, 0.25) is 0 Å². The van der Waals surface area contributed by atoms with Crippen LogP contribution >= 0.6 is 0 Å². The van der Waals surface area contributed by atoms with Crippen LogP contribution in [0.4, 0.5) is 0 Å². The predicted molar refractivity (Wildman–Crippen MR) is 249 cm³/mol. The third-order valence-corrected chi connectivity index (χ3v) is 12.4. The minimum absolute atomic E-state index is 0.00190. The fourth-order valence-electron chi connectivity index (χ4n) is 10.2. The van der Waals surface area contributed by atoms with Crippen LogP contribution < -0.4 is 45.5 Å². The normalized spacial score (nSPS) is 11.7. The molecule has 10 aromatic carbocycles. The number of fused-ring (bicyclic) bond motifs is 4. The summed E-state index contributed by atoms with van der Waals surface area (Å²) in [5.41, 5.74) is 36.7. The standard InChI is InChI=1S/C49H31N9O8/c50-41(51)25-15-24-19-10-2-6-17-8-4-12-22(27(17)19)30-32(24)34(33(25)43(53)60)36(45(55)62)38(47(57)64)40(30)49(66)58-48(65)39-29-21-11-3-7-16-5-1-9-18(26(16)21)20-13-14-23(42(52)59)31(28(20)29)35(44(54)61)37(39)46(56)63/h1-15H,(H3,50,51)(H2,52,59)(H2,53,60)(H2,54,61)(H2,55,62)(H2,56,63)(H2,57,64)(H,58,65,66). The number of amidine groups is 1. The maximum Gasteiger partial charge on any atom is 0.259 e. The van der Waals surface area contributed by atoms with E-state index in [2.05, 4.69) is 5.32 Å². The van der Waals surface area contributed by atoms with Gasteiger partial charge in [-0.05, 0) is 76.8 Å². The highest BCUT2D eigenvalue weighted by Crippen LogP contribution is 2.48. The summed E-state index contributed by atoms with van der Waals surface area (Å²) in [5.74, 6) is -10.9. The van der Waals surface area contributed by atoms with Crippen molar-refractivity contribution in [1.29, 1.82) is 5.41 Å². The number of rotatable bonds is 9. The van der Waals surface area contributed by atoms with Gasteiger partial charge in [-0.25, -0.2) is 0 Å². The molecule has 0 saturated carbocycles. The van der Waals surface area contributed by atoms with E-state index in [1.807, 2.05) is 0 Å². The molecule has 17 heteroatoms. The first kappa shape index (κ1) is 40.3. The minimum Gasteiger partial charge on any atom is -0.384 e. The number of hydrogen-bond donors (Lipinski definition) is 9. The average Bonchev–Trinajstić information content (AvgIpc) is 3.27. The van der Waals surface area contributed by atoms with Gasteiger partial charge in [0.05, 0.1) is 38.9 Å². The first-order valence-electron chi connectivity index (χ1n) is 19.9. The lowest BCUT2D eigenvalue weighted by molar-refractivity contribution is 0.0839. The van der Waals surface area contributed by atoms with E-state index in [0.29, 0.717) is 43.1 Å². The number of imide groups is 1. The van der Waals surface area contributed by atoms with Crippen molar-refractivity contribution in [2.75, 3.05) is 0 Å². The van der Waals surface area contributed by atoms with E-state index >= 15 is 9.59 Å². The third-order valence-electron chi connectivity index (χ3n) is 12.4. The fraction of sp³-hybridized carbons (Fsp3) is 0. The van der Waals surface area contributed by atoms with Gasteiger partial charge in [0, 0.05) is 32.7 Å². The Kier molecular flexibility index (Phi) is 8.47. The molecule has 0 aliphatic heterocycles. The SMILES string of the molecule is N=C(N)c1cc2c3cccc4cccc(c5c(C(=O)NC(=O)c6c(C(N)=O)c(C(N)=O)c7c(C(N)=O)ccc8c9cccc%10cccc(c6c78)c%109)c(C(N)=O)c(C(N)=O)c(c1C(N)=O)c25)c43. The highest BCUT2D eigenvalue weighted by molar-refractivity contribution is 6.45. The van der Waals surface area contributed by atoms with E-state index in [0.717, 1.165) is 0 Å². The smallest absolute Gasteiger partial charge is 0.259 e. The minimum atomic E-state index is -1.41. The molecule has 0 radical (unpaired) electrons. The summed E-state index contributed by atoms with van der Waals surface area (Å²) in [6.45, 7) is 0. The number of carbonyl (C=O) groups is 8. The van der Waals surface area contributed by atoms with Crippen LogP contribution in [0.1, 0.15) is 88.4 Å². The van der Waals surface area contributed by atoms with Crippen molar-refractivity contribution in [2.24, 2.45) is 40.1 Å². The number of nitrogen functional groups attached to an aromatic ring is 1. The van der Waals surface area contributed by atoms with Crippen LogP contribution in [0.3, 0.4) is 0 Å². The third kappa shape index (κ3) is 5.24. The van der Waals surface area contributed by atoms with Crippen molar-refractivity contribution in [3.05, 3.63) is 141 Å². The molecule has 0 aliphatic rings. The van der Waals surface area contributed by atoms with Crippen molar-refractivity contribution in [3.8, 4) is 0 Å². The van der Waals surface area contributed by atoms with Gasteiger partial charge in [-0.2, -0.15) is 0 Å². The Balaban J connectivity index is 1.38. The summed E-state index contributed by atoms with van der Waals surface area (Å²) < 4.78 is 0. The molecular weight excluding hydrogens is 843 g/mol. The van der Waals surface area contributed by atoms with E-state index < -0.39 is 92.0 Å². The van der Waals surface area contributed by atoms with Gasteiger partial charge in [0.25, 0.3) is 11.8 Å².